The van der Waals surface area contributed by atoms with Gasteiger partial charge >= 0.3 is 0 Å². The third-order valence-electron chi connectivity index (χ3n) is 2.33. The minimum absolute atomic E-state index is 0.235. The number of rotatable bonds is 2. The molecule has 0 spiro atoms. The maximum Gasteiger partial charge on any atom is 0.129 e. The third-order valence-corrected chi connectivity index (χ3v) is 2.33. The molecule has 1 unspecified atom stereocenters. The van der Waals surface area contributed by atoms with Crippen LogP contribution >= 0.6 is 0 Å². The van der Waals surface area contributed by atoms with E-state index in [1.165, 1.54) is 18.6 Å². The van der Waals surface area contributed by atoms with Crippen molar-refractivity contribution < 1.29 is 9.50 Å². The Kier molecular flexibility index (Phi) is 2.92. The van der Waals surface area contributed by atoms with E-state index in [4.69, 9.17) is 0 Å². The summed E-state index contributed by atoms with van der Waals surface area (Å²) in [4.78, 5) is 7.64. The standard InChI is InChI=1S/C12H11FN2O/c1-8-2-3-10(13)9(6-8)12(16)11-4-5-14-7-15-11/h2-7,12,16H,1H3. The molecule has 0 aliphatic rings. The van der Waals surface area contributed by atoms with E-state index in [1.54, 1.807) is 18.2 Å². The van der Waals surface area contributed by atoms with Crippen molar-refractivity contribution in [1.29, 1.82) is 0 Å². The Morgan fingerprint density at radius 3 is 2.81 bits per heavy atom. The molecule has 0 aliphatic heterocycles. The van der Waals surface area contributed by atoms with Crippen LogP contribution in [0, 0.1) is 12.7 Å². The van der Waals surface area contributed by atoms with Gasteiger partial charge in [-0.1, -0.05) is 17.7 Å². The molecule has 16 heavy (non-hydrogen) atoms. The van der Waals surface area contributed by atoms with Crippen molar-refractivity contribution >= 4 is 0 Å². The quantitative estimate of drug-likeness (QED) is 0.838. The molecule has 82 valence electrons. The van der Waals surface area contributed by atoms with Crippen molar-refractivity contribution in [3.8, 4) is 0 Å². The second kappa shape index (κ2) is 4.37. The predicted octanol–water partition coefficient (Wildman–Crippen LogP) is 2.01. The van der Waals surface area contributed by atoms with Crippen LogP contribution in [0.15, 0.2) is 36.8 Å². The van der Waals surface area contributed by atoms with Crippen molar-refractivity contribution in [1.82, 2.24) is 9.97 Å². The van der Waals surface area contributed by atoms with Crippen molar-refractivity contribution in [2.75, 3.05) is 0 Å². The van der Waals surface area contributed by atoms with Crippen LogP contribution < -0.4 is 0 Å². The molecule has 0 aliphatic carbocycles. The molecule has 1 N–H and O–H groups in total. The van der Waals surface area contributed by atoms with E-state index in [9.17, 15) is 9.50 Å². The van der Waals surface area contributed by atoms with E-state index >= 15 is 0 Å². The summed E-state index contributed by atoms with van der Waals surface area (Å²) in [5.74, 6) is -0.434. The fourth-order valence-electron chi connectivity index (χ4n) is 1.49. The summed E-state index contributed by atoms with van der Waals surface area (Å²) in [6.45, 7) is 1.84. The molecule has 1 heterocycles. The summed E-state index contributed by atoms with van der Waals surface area (Å²) in [5, 5.41) is 9.97. The minimum Gasteiger partial charge on any atom is -0.382 e. The molecule has 2 rings (SSSR count). The number of aliphatic hydroxyl groups excluding tert-OH is 1. The van der Waals surface area contributed by atoms with Gasteiger partial charge < -0.3 is 5.11 Å². The van der Waals surface area contributed by atoms with Crippen LogP contribution in [0.4, 0.5) is 4.39 Å². The lowest BCUT2D eigenvalue weighted by atomic mass is 10.0. The molecule has 2 aromatic rings. The molecular formula is C12H11FN2O. The van der Waals surface area contributed by atoms with Crippen LogP contribution in [-0.2, 0) is 0 Å². The second-order valence-corrected chi connectivity index (χ2v) is 3.56. The Balaban J connectivity index is 2.41. The monoisotopic (exact) mass is 218 g/mol. The zero-order valence-electron chi connectivity index (χ0n) is 8.76. The first-order chi connectivity index (χ1) is 7.68. The van der Waals surface area contributed by atoms with Crippen LogP contribution in [0.25, 0.3) is 0 Å². The first-order valence-electron chi connectivity index (χ1n) is 4.88. The van der Waals surface area contributed by atoms with Crippen molar-refractivity contribution in [3.05, 3.63) is 59.4 Å². The Morgan fingerprint density at radius 2 is 2.12 bits per heavy atom. The lowest BCUT2D eigenvalue weighted by molar-refractivity contribution is 0.209. The molecule has 3 nitrogen and oxygen atoms in total. The van der Waals surface area contributed by atoms with Gasteiger partial charge in [-0.3, -0.25) is 0 Å². The van der Waals surface area contributed by atoms with Gasteiger partial charge in [0.05, 0.1) is 5.69 Å². The highest BCUT2D eigenvalue weighted by atomic mass is 19.1. The lowest BCUT2D eigenvalue weighted by Gasteiger charge is -2.11. The van der Waals surface area contributed by atoms with Gasteiger partial charge in [-0.15, -0.1) is 0 Å². The number of hydrogen-bond acceptors (Lipinski definition) is 3. The summed E-state index contributed by atoms with van der Waals surface area (Å²) < 4.78 is 13.5. The van der Waals surface area contributed by atoms with Gasteiger partial charge in [0.25, 0.3) is 0 Å². The molecule has 0 fully saturated rings. The number of hydrogen-bond donors (Lipinski definition) is 1. The fraction of sp³-hybridized carbons (Fsp3) is 0.167. The highest BCUT2D eigenvalue weighted by molar-refractivity contribution is 5.30. The Bertz CT molecular complexity index is 488. The Hall–Kier alpha value is -1.81. The zero-order chi connectivity index (χ0) is 11.5. The van der Waals surface area contributed by atoms with Crippen molar-refractivity contribution in [2.24, 2.45) is 0 Å². The molecule has 4 heteroatoms. The van der Waals surface area contributed by atoms with Crippen LogP contribution in [0.3, 0.4) is 0 Å². The third kappa shape index (κ3) is 2.06. The molecule has 0 amide bonds. The van der Waals surface area contributed by atoms with Gasteiger partial charge in [0.1, 0.15) is 18.2 Å². The van der Waals surface area contributed by atoms with Crippen LogP contribution in [0.5, 0.6) is 0 Å². The van der Waals surface area contributed by atoms with E-state index in [-0.39, 0.29) is 5.56 Å². The highest BCUT2D eigenvalue weighted by Gasteiger charge is 2.15. The number of aromatic nitrogens is 2. The fourth-order valence-corrected chi connectivity index (χ4v) is 1.49. The second-order valence-electron chi connectivity index (χ2n) is 3.56. The van der Waals surface area contributed by atoms with E-state index in [0.29, 0.717) is 5.69 Å². The molecular weight excluding hydrogens is 207 g/mol. The van der Waals surface area contributed by atoms with Crippen molar-refractivity contribution in [3.63, 3.8) is 0 Å². The SMILES string of the molecule is Cc1ccc(F)c(C(O)c2ccncn2)c1. The van der Waals surface area contributed by atoms with Gasteiger partial charge in [0.2, 0.25) is 0 Å². The lowest BCUT2D eigenvalue weighted by Crippen LogP contribution is -2.05. The maximum atomic E-state index is 13.5. The minimum atomic E-state index is -1.05. The normalized spacial score (nSPS) is 12.4. The average Bonchev–Trinajstić information content (AvgIpc) is 2.32. The molecule has 0 saturated heterocycles. The van der Waals surface area contributed by atoms with E-state index < -0.39 is 11.9 Å². The highest BCUT2D eigenvalue weighted by Crippen LogP contribution is 2.23. The van der Waals surface area contributed by atoms with E-state index in [0.717, 1.165) is 5.56 Å². The largest absolute Gasteiger partial charge is 0.382 e. The summed E-state index contributed by atoms with van der Waals surface area (Å²) >= 11 is 0. The smallest absolute Gasteiger partial charge is 0.129 e. The molecule has 1 atom stereocenters. The first-order valence-corrected chi connectivity index (χ1v) is 4.88. The average molecular weight is 218 g/mol. The number of nitrogens with zero attached hydrogens (tertiary/aromatic N) is 2. The Labute approximate surface area is 92.6 Å². The van der Waals surface area contributed by atoms with Gasteiger partial charge in [0.15, 0.2) is 0 Å². The topological polar surface area (TPSA) is 46.0 Å². The molecule has 0 radical (unpaired) electrons. The zero-order valence-corrected chi connectivity index (χ0v) is 8.76. The summed E-state index contributed by atoms with van der Waals surface area (Å²) in [6.07, 6.45) is 1.79. The number of benzene rings is 1. The van der Waals surface area contributed by atoms with Crippen LogP contribution in [0.1, 0.15) is 22.9 Å². The molecule has 0 bridgehead atoms. The van der Waals surface area contributed by atoms with Gasteiger partial charge in [-0.2, -0.15) is 0 Å². The van der Waals surface area contributed by atoms with Gasteiger partial charge in [-0.05, 0) is 19.1 Å². The number of aliphatic hydroxyl groups is 1. The van der Waals surface area contributed by atoms with Crippen LogP contribution in [-0.4, -0.2) is 15.1 Å². The summed E-state index contributed by atoms with van der Waals surface area (Å²) in [7, 11) is 0. The predicted molar refractivity (Wildman–Crippen MR) is 57.2 cm³/mol. The summed E-state index contributed by atoms with van der Waals surface area (Å²) in [6, 6.07) is 6.18. The van der Waals surface area contributed by atoms with Gasteiger partial charge in [0, 0.05) is 11.8 Å². The maximum absolute atomic E-state index is 13.5. The molecule has 1 aromatic heterocycles. The molecule has 0 saturated carbocycles. The van der Waals surface area contributed by atoms with E-state index in [2.05, 4.69) is 9.97 Å². The first kappa shape index (κ1) is 10.7. The van der Waals surface area contributed by atoms with Gasteiger partial charge in [-0.25, -0.2) is 14.4 Å². The van der Waals surface area contributed by atoms with Crippen LogP contribution in [0.2, 0.25) is 0 Å². The summed E-state index contributed by atoms with van der Waals surface area (Å²) in [5.41, 5.74) is 1.52. The Morgan fingerprint density at radius 1 is 1.31 bits per heavy atom. The van der Waals surface area contributed by atoms with E-state index in [1.807, 2.05) is 6.92 Å². The molecule has 1 aromatic carbocycles. The number of aryl methyl sites for hydroxylation is 1. The number of halogens is 1. The van der Waals surface area contributed by atoms with Crippen molar-refractivity contribution in [2.45, 2.75) is 13.0 Å².